The maximum atomic E-state index is 12.5. The van der Waals surface area contributed by atoms with E-state index in [1.54, 1.807) is 11.3 Å². The maximum Gasteiger partial charge on any atom is 0.229 e. The molecule has 1 aliphatic rings. The number of fused-ring (bicyclic) bond motifs is 1. The summed E-state index contributed by atoms with van der Waals surface area (Å²) in [6.07, 6.45) is 0.895. The summed E-state index contributed by atoms with van der Waals surface area (Å²) in [5, 5.41) is 6.45. The highest BCUT2D eigenvalue weighted by Crippen LogP contribution is 2.31. The summed E-state index contributed by atoms with van der Waals surface area (Å²) in [4.78, 5) is 15.1. The van der Waals surface area contributed by atoms with Gasteiger partial charge in [-0.3, -0.25) is 4.79 Å². The monoisotopic (exact) mass is 300 g/mol. The third-order valence-electron chi connectivity index (χ3n) is 3.84. The number of carbonyl (C=O) groups excluding carboxylic acids is 1. The average Bonchev–Trinajstić information content (AvgIpc) is 3.04. The first-order valence-electron chi connectivity index (χ1n) is 7.32. The molecule has 0 radical (unpaired) electrons. The molecule has 0 spiro atoms. The molecule has 2 unspecified atom stereocenters. The van der Waals surface area contributed by atoms with Crippen LogP contribution in [-0.4, -0.2) is 18.5 Å². The number of anilines is 1. The molecule has 3 nitrogen and oxygen atoms in total. The van der Waals surface area contributed by atoms with Gasteiger partial charge in [-0.1, -0.05) is 18.2 Å². The van der Waals surface area contributed by atoms with Gasteiger partial charge in [0, 0.05) is 34.4 Å². The Hall–Kier alpha value is -1.81. The van der Waals surface area contributed by atoms with Crippen molar-refractivity contribution in [2.45, 2.75) is 32.2 Å². The van der Waals surface area contributed by atoms with Crippen molar-refractivity contribution in [1.82, 2.24) is 5.32 Å². The SMILES string of the molecule is Cc1ccc(CC(C)NC(=O)C2CNc3ccccc32)s1. The molecule has 0 saturated carbocycles. The van der Waals surface area contributed by atoms with Gasteiger partial charge in [-0.05, 0) is 37.6 Å². The number of rotatable bonds is 4. The average molecular weight is 300 g/mol. The van der Waals surface area contributed by atoms with Gasteiger partial charge in [-0.2, -0.15) is 0 Å². The standard InChI is InChI=1S/C17H20N2OS/c1-11(9-13-8-7-12(2)21-13)19-17(20)15-10-18-16-6-4-3-5-14(15)16/h3-8,11,15,18H,9-10H2,1-2H3,(H,19,20). The molecule has 0 fully saturated rings. The normalized spacial score (nSPS) is 17.9. The number of carbonyl (C=O) groups is 1. The number of hydrogen-bond acceptors (Lipinski definition) is 3. The van der Waals surface area contributed by atoms with Crippen molar-refractivity contribution in [1.29, 1.82) is 0 Å². The topological polar surface area (TPSA) is 41.1 Å². The van der Waals surface area contributed by atoms with Gasteiger partial charge < -0.3 is 10.6 Å². The highest BCUT2D eigenvalue weighted by atomic mass is 32.1. The van der Waals surface area contributed by atoms with Gasteiger partial charge in [0.1, 0.15) is 0 Å². The van der Waals surface area contributed by atoms with E-state index in [1.807, 2.05) is 24.3 Å². The number of amides is 1. The summed E-state index contributed by atoms with van der Waals surface area (Å²) in [7, 11) is 0. The van der Waals surface area contributed by atoms with Crippen LogP contribution < -0.4 is 10.6 Å². The molecular weight excluding hydrogens is 280 g/mol. The lowest BCUT2D eigenvalue weighted by Gasteiger charge is -2.16. The summed E-state index contributed by atoms with van der Waals surface area (Å²) < 4.78 is 0. The summed E-state index contributed by atoms with van der Waals surface area (Å²) in [6, 6.07) is 12.5. The van der Waals surface area contributed by atoms with E-state index in [9.17, 15) is 4.79 Å². The van der Waals surface area contributed by atoms with Crippen molar-refractivity contribution in [2.75, 3.05) is 11.9 Å². The van der Waals surface area contributed by atoms with Crippen LogP contribution in [0, 0.1) is 6.92 Å². The first kappa shape index (κ1) is 14.1. The van der Waals surface area contributed by atoms with Crippen LogP contribution in [0.25, 0.3) is 0 Å². The molecule has 2 heterocycles. The van der Waals surface area contributed by atoms with Crippen LogP contribution in [0.4, 0.5) is 5.69 Å². The van der Waals surface area contributed by atoms with Gasteiger partial charge in [0.15, 0.2) is 0 Å². The Labute approximate surface area is 129 Å². The predicted molar refractivity (Wildman–Crippen MR) is 88.0 cm³/mol. The van der Waals surface area contributed by atoms with E-state index in [-0.39, 0.29) is 17.9 Å². The number of thiophene rings is 1. The van der Waals surface area contributed by atoms with Crippen LogP contribution in [-0.2, 0) is 11.2 Å². The molecule has 3 rings (SSSR count). The maximum absolute atomic E-state index is 12.5. The van der Waals surface area contributed by atoms with Gasteiger partial charge in [0.05, 0.1) is 5.92 Å². The van der Waals surface area contributed by atoms with E-state index in [1.165, 1.54) is 9.75 Å². The lowest BCUT2D eigenvalue weighted by Crippen LogP contribution is -2.38. The van der Waals surface area contributed by atoms with Crippen LogP contribution >= 0.6 is 11.3 Å². The Morgan fingerprint density at radius 2 is 2.19 bits per heavy atom. The zero-order valence-electron chi connectivity index (χ0n) is 12.3. The van der Waals surface area contributed by atoms with E-state index in [4.69, 9.17) is 0 Å². The van der Waals surface area contributed by atoms with Crippen molar-refractivity contribution in [2.24, 2.45) is 0 Å². The Morgan fingerprint density at radius 1 is 1.38 bits per heavy atom. The zero-order valence-corrected chi connectivity index (χ0v) is 13.2. The fraction of sp³-hybridized carbons (Fsp3) is 0.353. The molecule has 0 aliphatic carbocycles. The Kier molecular flexibility index (Phi) is 3.97. The molecule has 2 N–H and O–H groups in total. The largest absolute Gasteiger partial charge is 0.384 e. The Morgan fingerprint density at radius 3 is 2.95 bits per heavy atom. The van der Waals surface area contributed by atoms with Gasteiger partial charge in [-0.15, -0.1) is 11.3 Å². The molecule has 2 atom stereocenters. The third-order valence-corrected chi connectivity index (χ3v) is 4.86. The summed E-state index contributed by atoms with van der Waals surface area (Å²) in [5.74, 6) is 0.0435. The molecule has 1 aromatic carbocycles. The number of aryl methyl sites for hydroxylation is 1. The zero-order chi connectivity index (χ0) is 14.8. The van der Waals surface area contributed by atoms with Crippen molar-refractivity contribution in [3.05, 3.63) is 51.7 Å². The molecule has 1 aliphatic heterocycles. The molecule has 2 aromatic rings. The molecule has 1 aromatic heterocycles. The summed E-state index contributed by atoms with van der Waals surface area (Å²) >= 11 is 1.80. The fourth-order valence-electron chi connectivity index (χ4n) is 2.81. The van der Waals surface area contributed by atoms with Crippen LogP contribution in [0.5, 0.6) is 0 Å². The second-order valence-corrected chi connectivity index (χ2v) is 7.02. The minimum atomic E-state index is -0.0753. The first-order chi connectivity index (χ1) is 10.1. The van der Waals surface area contributed by atoms with Gasteiger partial charge in [0.2, 0.25) is 5.91 Å². The van der Waals surface area contributed by atoms with E-state index < -0.39 is 0 Å². The van der Waals surface area contributed by atoms with Crippen molar-refractivity contribution in [3.63, 3.8) is 0 Å². The van der Waals surface area contributed by atoms with E-state index in [0.717, 1.165) is 17.7 Å². The van der Waals surface area contributed by atoms with Crippen molar-refractivity contribution < 1.29 is 4.79 Å². The summed E-state index contributed by atoms with van der Waals surface area (Å²) in [5.41, 5.74) is 2.19. The highest BCUT2D eigenvalue weighted by Gasteiger charge is 2.28. The van der Waals surface area contributed by atoms with Gasteiger partial charge in [0.25, 0.3) is 0 Å². The Balaban J connectivity index is 1.62. The highest BCUT2D eigenvalue weighted by molar-refractivity contribution is 7.11. The number of nitrogens with one attached hydrogen (secondary N) is 2. The number of para-hydroxylation sites is 1. The second-order valence-electron chi connectivity index (χ2n) is 5.65. The van der Waals surface area contributed by atoms with Crippen molar-refractivity contribution in [3.8, 4) is 0 Å². The molecule has 0 bridgehead atoms. The molecular formula is C17H20N2OS. The van der Waals surface area contributed by atoms with Gasteiger partial charge >= 0.3 is 0 Å². The van der Waals surface area contributed by atoms with Gasteiger partial charge in [-0.25, -0.2) is 0 Å². The fourth-order valence-corrected chi connectivity index (χ4v) is 3.83. The minimum Gasteiger partial charge on any atom is -0.384 e. The summed E-state index contributed by atoms with van der Waals surface area (Å²) in [6.45, 7) is 4.87. The lowest BCUT2D eigenvalue weighted by atomic mass is 10.00. The molecule has 21 heavy (non-hydrogen) atoms. The predicted octanol–water partition coefficient (Wildman–Crippen LogP) is 3.31. The smallest absolute Gasteiger partial charge is 0.229 e. The van der Waals surface area contributed by atoms with Crippen LogP contribution in [0.1, 0.15) is 28.2 Å². The van der Waals surface area contributed by atoms with Crippen LogP contribution in [0.15, 0.2) is 36.4 Å². The molecule has 1 amide bonds. The third kappa shape index (κ3) is 3.10. The van der Waals surface area contributed by atoms with Crippen LogP contribution in [0.2, 0.25) is 0 Å². The van der Waals surface area contributed by atoms with Crippen LogP contribution in [0.3, 0.4) is 0 Å². The lowest BCUT2D eigenvalue weighted by molar-refractivity contribution is -0.122. The minimum absolute atomic E-state index is 0.0753. The van der Waals surface area contributed by atoms with E-state index >= 15 is 0 Å². The van der Waals surface area contributed by atoms with E-state index in [2.05, 4.69) is 36.6 Å². The molecule has 4 heteroatoms. The second kappa shape index (κ2) is 5.90. The number of benzene rings is 1. The van der Waals surface area contributed by atoms with E-state index in [0.29, 0.717) is 6.54 Å². The molecule has 110 valence electrons. The molecule has 0 saturated heterocycles. The van der Waals surface area contributed by atoms with Crippen molar-refractivity contribution >= 4 is 22.9 Å². The quantitative estimate of drug-likeness (QED) is 0.909. The Bertz CT molecular complexity index is 650. The first-order valence-corrected chi connectivity index (χ1v) is 8.13. The number of hydrogen-bond donors (Lipinski definition) is 2.